The molecule has 0 saturated carbocycles. The van der Waals surface area contributed by atoms with Gasteiger partial charge < -0.3 is 5.32 Å². The highest BCUT2D eigenvalue weighted by Gasteiger charge is 2.13. The highest BCUT2D eigenvalue weighted by Crippen LogP contribution is 2.28. The first-order chi connectivity index (χ1) is 14.7. The van der Waals surface area contributed by atoms with Gasteiger partial charge in [-0.15, -0.1) is 10.2 Å². The number of nitrogens with zero attached hydrogens (tertiary/aromatic N) is 3. The Morgan fingerprint density at radius 2 is 1.33 bits per heavy atom. The average Bonchev–Trinajstić information content (AvgIpc) is 2.80. The van der Waals surface area contributed by atoms with Crippen molar-refractivity contribution in [2.45, 2.75) is 0 Å². The van der Waals surface area contributed by atoms with Crippen LogP contribution in [-0.2, 0) is 0 Å². The van der Waals surface area contributed by atoms with Crippen molar-refractivity contribution in [3.63, 3.8) is 0 Å². The second-order valence-electron chi connectivity index (χ2n) is 6.28. The van der Waals surface area contributed by atoms with Gasteiger partial charge in [0.25, 0.3) is 5.95 Å². The summed E-state index contributed by atoms with van der Waals surface area (Å²) in [4.78, 5) is 4.66. The van der Waals surface area contributed by atoms with E-state index < -0.39 is 0 Å². The molecular weight excluding hydrogens is 416 g/mol. The van der Waals surface area contributed by atoms with Gasteiger partial charge in [0.2, 0.25) is 0 Å². The lowest BCUT2D eigenvalue weighted by atomic mass is 10.0. The van der Waals surface area contributed by atoms with E-state index in [1.54, 1.807) is 12.1 Å². The zero-order valence-electron chi connectivity index (χ0n) is 15.7. The number of halogens is 1. The van der Waals surface area contributed by atoms with Crippen molar-refractivity contribution in [2.75, 3.05) is 10.7 Å². The molecule has 0 atom stereocenters. The molecule has 0 radical (unpaired) electrons. The predicted octanol–water partition coefficient (Wildman–Crippen LogP) is 5.17. The van der Waals surface area contributed by atoms with E-state index in [0.29, 0.717) is 21.8 Å². The van der Waals surface area contributed by atoms with Gasteiger partial charge in [0.15, 0.2) is 5.11 Å². The number of thiocarbonyl (C=S) groups is 1. The van der Waals surface area contributed by atoms with Crippen molar-refractivity contribution in [1.29, 1.82) is 0 Å². The molecule has 0 saturated heterocycles. The van der Waals surface area contributed by atoms with E-state index in [-0.39, 0.29) is 0 Å². The molecule has 4 aromatic rings. The lowest BCUT2D eigenvalue weighted by Gasteiger charge is -2.13. The molecule has 0 spiro atoms. The topological polar surface area (TPSA) is 74.8 Å². The molecule has 3 N–H and O–H groups in total. The lowest BCUT2D eigenvalue weighted by Crippen LogP contribution is -2.34. The van der Waals surface area contributed by atoms with Crippen LogP contribution in [0, 0.1) is 0 Å². The van der Waals surface area contributed by atoms with Crippen molar-refractivity contribution in [3.8, 4) is 22.5 Å². The number of aromatic nitrogens is 3. The normalized spacial score (nSPS) is 10.3. The number of hydrazine groups is 1. The first-order valence-electron chi connectivity index (χ1n) is 9.13. The second-order valence-corrected chi connectivity index (χ2v) is 7.12. The van der Waals surface area contributed by atoms with Gasteiger partial charge in [-0.2, -0.15) is 0 Å². The number of nitrogens with one attached hydrogen (secondary N) is 3. The van der Waals surface area contributed by atoms with Gasteiger partial charge in [-0.25, -0.2) is 4.98 Å². The van der Waals surface area contributed by atoms with Crippen LogP contribution in [0.25, 0.3) is 22.5 Å². The maximum Gasteiger partial charge on any atom is 0.262 e. The maximum absolute atomic E-state index is 5.90. The summed E-state index contributed by atoms with van der Waals surface area (Å²) in [7, 11) is 0. The van der Waals surface area contributed by atoms with Crippen molar-refractivity contribution < 1.29 is 0 Å². The third-order valence-corrected chi connectivity index (χ3v) is 4.63. The van der Waals surface area contributed by atoms with Gasteiger partial charge in [0.1, 0.15) is 11.4 Å². The summed E-state index contributed by atoms with van der Waals surface area (Å²) in [6.45, 7) is 0. The molecule has 0 aliphatic carbocycles. The summed E-state index contributed by atoms with van der Waals surface area (Å²) in [6, 6.07) is 26.9. The highest BCUT2D eigenvalue weighted by molar-refractivity contribution is 7.80. The fraction of sp³-hybridized carbons (Fsp3) is 0. The summed E-state index contributed by atoms with van der Waals surface area (Å²) in [6.07, 6.45) is 0. The molecule has 0 bridgehead atoms. The van der Waals surface area contributed by atoms with E-state index in [1.165, 1.54) is 0 Å². The van der Waals surface area contributed by atoms with Crippen LogP contribution in [0.15, 0.2) is 84.9 Å². The Kier molecular flexibility index (Phi) is 6.12. The summed E-state index contributed by atoms with van der Waals surface area (Å²) in [5, 5.41) is 12.7. The van der Waals surface area contributed by atoms with Crippen molar-refractivity contribution in [1.82, 2.24) is 20.6 Å². The number of rotatable bonds is 5. The molecule has 1 heterocycles. The summed E-state index contributed by atoms with van der Waals surface area (Å²) < 4.78 is 0. The molecule has 0 fully saturated rings. The van der Waals surface area contributed by atoms with Crippen LogP contribution in [0.5, 0.6) is 0 Å². The van der Waals surface area contributed by atoms with Gasteiger partial charge in [0.05, 0.1) is 0 Å². The van der Waals surface area contributed by atoms with E-state index in [9.17, 15) is 0 Å². The molecule has 0 amide bonds. The molecule has 30 heavy (non-hydrogen) atoms. The van der Waals surface area contributed by atoms with E-state index in [4.69, 9.17) is 23.8 Å². The van der Waals surface area contributed by atoms with Crippen molar-refractivity contribution >= 4 is 40.6 Å². The third-order valence-electron chi connectivity index (χ3n) is 4.17. The fourth-order valence-electron chi connectivity index (χ4n) is 2.77. The van der Waals surface area contributed by atoms with Crippen molar-refractivity contribution in [2.24, 2.45) is 0 Å². The van der Waals surface area contributed by atoms with Crippen LogP contribution in [0.1, 0.15) is 0 Å². The van der Waals surface area contributed by atoms with Gasteiger partial charge in [0, 0.05) is 21.8 Å². The van der Waals surface area contributed by atoms with Crippen LogP contribution in [-0.4, -0.2) is 20.3 Å². The Morgan fingerprint density at radius 1 is 0.733 bits per heavy atom. The molecule has 0 aliphatic rings. The highest BCUT2D eigenvalue weighted by atomic mass is 35.5. The largest absolute Gasteiger partial charge is 0.331 e. The number of hydrogen-bond donors (Lipinski definition) is 3. The van der Waals surface area contributed by atoms with Crippen LogP contribution in [0.3, 0.4) is 0 Å². The van der Waals surface area contributed by atoms with E-state index in [2.05, 4.69) is 31.3 Å². The molecule has 6 nitrogen and oxygen atoms in total. The van der Waals surface area contributed by atoms with Gasteiger partial charge in [-0.1, -0.05) is 72.3 Å². The second kappa shape index (κ2) is 9.30. The van der Waals surface area contributed by atoms with Gasteiger partial charge in [-0.3, -0.25) is 10.9 Å². The van der Waals surface area contributed by atoms with Gasteiger partial charge in [-0.05, 0) is 36.5 Å². The molecule has 148 valence electrons. The Balaban J connectivity index is 1.54. The lowest BCUT2D eigenvalue weighted by molar-refractivity contribution is 0.946. The van der Waals surface area contributed by atoms with E-state index in [0.717, 1.165) is 22.5 Å². The Bertz CT molecular complexity index is 1140. The average molecular weight is 433 g/mol. The van der Waals surface area contributed by atoms with Gasteiger partial charge >= 0.3 is 0 Å². The quantitative estimate of drug-likeness (QED) is 0.296. The Morgan fingerprint density at radius 3 is 1.97 bits per heavy atom. The first kappa shape index (κ1) is 19.8. The van der Waals surface area contributed by atoms with Crippen LogP contribution >= 0.6 is 23.8 Å². The van der Waals surface area contributed by atoms with E-state index >= 15 is 0 Å². The zero-order valence-corrected chi connectivity index (χ0v) is 17.3. The fourth-order valence-corrected chi connectivity index (χ4v) is 3.07. The monoisotopic (exact) mass is 432 g/mol. The maximum atomic E-state index is 5.90. The molecule has 3 aromatic carbocycles. The molecule has 0 aliphatic heterocycles. The standard InChI is InChI=1S/C22H17ClN6S/c23-17-11-13-18(14-12-17)24-22(30)29-28-21-25-19(15-7-3-1-4-8-15)20(26-27-21)16-9-5-2-6-10-16/h1-14H,(H2,24,29,30)(H,25,27,28). The number of benzene rings is 3. The first-order valence-corrected chi connectivity index (χ1v) is 9.92. The minimum atomic E-state index is 0.300. The van der Waals surface area contributed by atoms with Crippen molar-refractivity contribution in [3.05, 3.63) is 90.0 Å². The third kappa shape index (κ3) is 4.89. The summed E-state index contributed by atoms with van der Waals surface area (Å²) >= 11 is 11.2. The Hall–Kier alpha value is -3.55. The molecule has 8 heteroatoms. The molecule has 4 rings (SSSR count). The van der Waals surface area contributed by atoms with E-state index in [1.807, 2.05) is 72.8 Å². The minimum Gasteiger partial charge on any atom is -0.331 e. The molecule has 1 aromatic heterocycles. The smallest absolute Gasteiger partial charge is 0.262 e. The SMILES string of the molecule is S=C(NNc1nnc(-c2ccccc2)c(-c2ccccc2)n1)Nc1ccc(Cl)cc1. The molecule has 0 unspecified atom stereocenters. The van der Waals surface area contributed by atoms with Crippen LogP contribution in [0.4, 0.5) is 11.6 Å². The van der Waals surface area contributed by atoms with Crippen LogP contribution in [0.2, 0.25) is 5.02 Å². The van der Waals surface area contributed by atoms with Crippen LogP contribution < -0.4 is 16.2 Å². The summed E-state index contributed by atoms with van der Waals surface area (Å²) in [5.41, 5.74) is 9.88. The minimum absolute atomic E-state index is 0.300. The zero-order chi connectivity index (χ0) is 20.8. The number of anilines is 2. The summed E-state index contributed by atoms with van der Waals surface area (Å²) in [5.74, 6) is 0.300. The molecular formula is C22H17ClN6S. The number of hydrogen-bond acceptors (Lipinski definition) is 5. The predicted molar refractivity (Wildman–Crippen MR) is 125 cm³/mol. The Labute approximate surface area is 184 Å².